The molecule has 7 heteroatoms. The highest BCUT2D eigenvalue weighted by Gasteiger charge is 2.27. The van der Waals surface area contributed by atoms with Gasteiger partial charge in [0, 0.05) is 27.9 Å². The van der Waals surface area contributed by atoms with Crippen LogP contribution in [0.4, 0.5) is 5.69 Å². The van der Waals surface area contributed by atoms with Crippen molar-refractivity contribution in [2.75, 3.05) is 5.32 Å². The largest absolute Gasteiger partial charge is 0.507 e. The van der Waals surface area contributed by atoms with Crippen LogP contribution in [-0.2, 0) is 10.8 Å². The van der Waals surface area contributed by atoms with E-state index in [4.69, 9.17) is 0 Å². The lowest BCUT2D eigenvalue weighted by molar-refractivity contribution is 0.102. The summed E-state index contributed by atoms with van der Waals surface area (Å²) in [5.41, 5.74) is 2.90. The first kappa shape index (κ1) is 20.5. The maximum atomic E-state index is 12.9. The van der Waals surface area contributed by atoms with Crippen molar-refractivity contribution >= 4 is 11.6 Å². The SMILES string of the molecule is CC(C)(C)c1cc(NC(=O)c2cccc(-c3nnn[nH]3)c2)cc(C(C)(C)C)c1O. The number of rotatable bonds is 3. The van der Waals surface area contributed by atoms with Crippen molar-refractivity contribution in [2.24, 2.45) is 0 Å². The van der Waals surface area contributed by atoms with E-state index in [1.54, 1.807) is 18.2 Å². The zero-order valence-electron chi connectivity index (χ0n) is 17.7. The predicted octanol–water partition coefficient (Wildman–Crippen LogP) is 4.42. The Morgan fingerprint density at radius 1 is 1.00 bits per heavy atom. The van der Waals surface area contributed by atoms with E-state index in [0.29, 0.717) is 17.1 Å². The standard InChI is InChI=1S/C22H27N5O2/c1-21(2,3)16-11-15(12-17(18(16)28)22(4,5)6)23-20(29)14-9-7-8-13(10-14)19-24-26-27-25-19/h7-12,28H,1-6H3,(H,23,29)(H,24,25,26,27). The summed E-state index contributed by atoms with van der Waals surface area (Å²) in [6, 6.07) is 10.8. The zero-order chi connectivity index (χ0) is 21.4. The Morgan fingerprint density at radius 2 is 1.62 bits per heavy atom. The highest BCUT2D eigenvalue weighted by Crippen LogP contribution is 2.41. The molecular formula is C22H27N5O2. The molecule has 0 fully saturated rings. The van der Waals surface area contributed by atoms with Crippen LogP contribution in [0.25, 0.3) is 11.4 Å². The molecule has 0 atom stereocenters. The Hall–Kier alpha value is -3.22. The number of anilines is 1. The molecule has 0 aliphatic carbocycles. The molecule has 0 spiro atoms. The molecule has 1 heterocycles. The Bertz CT molecular complexity index is 993. The van der Waals surface area contributed by atoms with E-state index in [0.717, 1.165) is 16.7 Å². The second-order valence-corrected chi connectivity index (χ2v) is 9.20. The summed E-state index contributed by atoms with van der Waals surface area (Å²) in [6.07, 6.45) is 0. The van der Waals surface area contributed by atoms with Crippen molar-refractivity contribution in [1.82, 2.24) is 20.6 Å². The molecule has 0 bridgehead atoms. The van der Waals surface area contributed by atoms with Gasteiger partial charge in [-0.3, -0.25) is 4.79 Å². The highest BCUT2D eigenvalue weighted by molar-refractivity contribution is 6.05. The summed E-state index contributed by atoms with van der Waals surface area (Å²) in [4.78, 5) is 12.9. The fraction of sp³-hybridized carbons (Fsp3) is 0.364. The summed E-state index contributed by atoms with van der Waals surface area (Å²) in [5.74, 6) is 0.530. The number of H-pyrrole nitrogens is 1. The van der Waals surface area contributed by atoms with Crippen LogP contribution >= 0.6 is 0 Å². The fourth-order valence-electron chi connectivity index (χ4n) is 3.14. The third-order valence-electron chi connectivity index (χ3n) is 4.73. The van der Waals surface area contributed by atoms with E-state index < -0.39 is 0 Å². The number of amides is 1. The van der Waals surface area contributed by atoms with Crippen LogP contribution in [0.3, 0.4) is 0 Å². The number of carbonyl (C=O) groups is 1. The van der Waals surface area contributed by atoms with Gasteiger partial charge in [0.15, 0.2) is 5.82 Å². The molecule has 0 radical (unpaired) electrons. The third kappa shape index (κ3) is 4.45. The van der Waals surface area contributed by atoms with Crippen LogP contribution in [0.1, 0.15) is 63.0 Å². The molecule has 0 saturated heterocycles. The average Bonchev–Trinajstić information content (AvgIpc) is 3.16. The van der Waals surface area contributed by atoms with E-state index in [9.17, 15) is 9.90 Å². The summed E-state index contributed by atoms with van der Waals surface area (Å²) in [7, 11) is 0. The van der Waals surface area contributed by atoms with Gasteiger partial charge < -0.3 is 10.4 Å². The minimum atomic E-state index is -0.274. The zero-order valence-corrected chi connectivity index (χ0v) is 17.7. The number of phenolic OH excluding ortho intramolecular Hbond substituents is 1. The van der Waals surface area contributed by atoms with E-state index in [-0.39, 0.29) is 22.5 Å². The molecule has 0 aliphatic heterocycles. The lowest BCUT2D eigenvalue weighted by atomic mass is 9.79. The number of hydrogen-bond donors (Lipinski definition) is 3. The molecule has 0 aliphatic rings. The smallest absolute Gasteiger partial charge is 0.255 e. The molecule has 3 rings (SSSR count). The van der Waals surface area contributed by atoms with Gasteiger partial charge in [0.2, 0.25) is 0 Å². The maximum Gasteiger partial charge on any atom is 0.255 e. The second-order valence-electron chi connectivity index (χ2n) is 9.20. The molecule has 0 unspecified atom stereocenters. The quantitative estimate of drug-likeness (QED) is 0.572. The molecule has 1 amide bonds. The van der Waals surface area contributed by atoms with Crippen LogP contribution in [0.15, 0.2) is 36.4 Å². The summed E-state index contributed by atoms with van der Waals surface area (Å²) < 4.78 is 0. The molecule has 7 nitrogen and oxygen atoms in total. The van der Waals surface area contributed by atoms with E-state index in [1.165, 1.54) is 0 Å². The van der Waals surface area contributed by atoms with Gasteiger partial charge in [-0.1, -0.05) is 53.7 Å². The number of benzene rings is 2. The number of tetrazole rings is 1. The number of nitrogens with one attached hydrogen (secondary N) is 2. The lowest BCUT2D eigenvalue weighted by Crippen LogP contribution is -2.19. The Morgan fingerprint density at radius 3 is 2.14 bits per heavy atom. The number of phenols is 1. The lowest BCUT2D eigenvalue weighted by Gasteiger charge is -2.28. The molecule has 3 aromatic rings. The normalized spacial score (nSPS) is 12.1. The van der Waals surface area contributed by atoms with Crippen molar-refractivity contribution in [2.45, 2.75) is 52.4 Å². The van der Waals surface area contributed by atoms with Crippen molar-refractivity contribution in [3.05, 3.63) is 53.1 Å². The van der Waals surface area contributed by atoms with Gasteiger partial charge in [-0.15, -0.1) is 5.10 Å². The highest BCUT2D eigenvalue weighted by atomic mass is 16.3. The van der Waals surface area contributed by atoms with Crippen LogP contribution in [0, 0.1) is 0 Å². The van der Waals surface area contributed by atoms with Crippen LogP contribution in [-0.4, -0.2) is 31.6 Å². The topological polar surface area (TPSA) is 104 Å². The summed E-state index contributed by atoms with van der Waals surface area (Å²) in [6.45, 7) is 12.2. The Labute approximate surface area is 170 Å². The van der Waals surface area contributed by atoms with Gasteiger partial charge in [0.25, 0.3) is 5.91 Å². The molecule has 3 N–H and O–H groups in total. The molecular weight excluding hydrogens is 366 g/mol. The number of aromatic amines is 1. The van der Waals surface area contributed by atoms with Crippen molar-refractivity contribution in [3.63, 3.8) is 0 Å². The minimum absolute atomic E-state index is 0.246. The number of aromatic nitrogens is 4. The van der Waals surface area contributed by atoms with Crippen molar-refractivity contribution < 1.29 is 9.90 Å². The van der Waals surface area contributed by atoms with Crippen molar-refractivity contribution in [1.29, 1.82) is 0 Å². The maximum absolute atomic E-state index is 12.9. The number of carbonyl (C=O) groups excluding carboxylic acids is 1. The first-order chi connectivity index (χ1) is 13.5. The van der Waals surface area contributed by atoms with Crippen LogP contribution < -0.4 is 5.32 Å². The summed E-state index contributed by atoms with van der Waals surface area (Å²) >= 11 is 0. The molecule has 0 saturated carbocycles. The van der Waals surface area contributed by atoms with Crippen LogP contribution in [0.5, 0.6) is 5.75 Å². The predicted molar refractivity (Wildman–Crippen MR) is 113 cm³/mol. The van der Waals surface area contributed by atoms with E-state index in [1.807, 2.05) is 59.7 Å². The fourth-order valence-corrected chi connectivity index (χ4v) is 3.14. The monoisotopic (exact) mass is 393 g/mol. The second kappa shape index (κ2) is 7.31. The van der Waals surface area contributed by atoms with Crippen molar-refractivity contribution in [3.8, 4) is 17.1 Å². The van der Waals surface area contributed by atoms with E-state index >= 15 is 0 Å². The molecule has 2 aromatic carbocycles. The number of nitrogens with zero attached hydrogens (tertiary/aromatic N) is 3. The van der Waals surface area contributed by atoms with Crippen LogP contribution in [0.2, 0.25) is 0 Å². The minimum Gasteiger partial charge on any atom is -0.507 e. The Balaban J connectivity index is 1.98. The van der Waals surface area contributed by atoms with Gasteiger partial charge in [-0.25, -0.2) is 5.10 Å². The summed E-state index contributed by atoms with van der Waals surface area (Å²) in [5, 5.41) is 27.5. The van der Waals surface area contributed by atoms with E-state index in [2.05, 4.69) is 25.9 Å². The third-order valence-corrected chi connectivity index (χ3v) is 4.73. The first-order valence-electron chi connectivity index (χ1n) is 9.50. The number of aromatic hydroxyl groups is 1. The average molecular weight is 393 g/mol. The molecule has 29 heavy (non-hydrogen) atoms. The van der Waals surface area contributed by atoms with Gasteiger partial charge in [-0.05, 0) is 45.5 Å². The molecule has 1 aromatic heterocycles. The van der Waals surface area contributed by atoms with Gasteiger partial charge in [-0.2, -0.15) is 0 Å². The van der Waals surface area contributed by atoms with Gasteiger partial charge in [0.05, 0.1) is 0 Å². The number of hydrogen-bond acceptors (Lipinski definition) is 5. The van der Waals surface area contributed by atoms with Gasteiger partial charge >= 0.3 is 0 Å². The Kier molecular flexibility index (Phi) is 5.17. The first-order valence-corrected chi connectivity index (χ1v) is 9.50. The molecule has 152 valence electrons. The van der Waals surface area contributed by atoms with Gasteiger partial charge in [0.1, 0.15) is 5.75 Å².